The minimum Gasteiger partial charge on any atom is -0.366 e. The Balaban J connectivity index is 1.05. The number of hydrogen-bond donors (Lipinski definition) is 2. The summed E-state index contributed by atoms with van der Waals surface area (Å²) in [5.41, 5.74) is 16.7. The van der Waals surface area contributed by atoms with Crippen molar-refractivity contribution < 1.29 is 0 Å². The molecule has 0 aromatic heterocycles. The van der Waals surface area contributed by atoms with Crippen molar-refractivity contribution in [3.63, 3.8) is 0 Å². The van der Waals surface area contributed by atoms with E-state index in [2.05, 4.69) is 265 Å². The maximum atomic E-state index is 4.20. The Morgan fingerprint density at radius 3 is 1.67 bits per heavy atom. The molecular weight excluding hydrogens is 809 g/mol. The molecule has 0 spiro atoms. The van der Waals surface area contributed by atoms with Crippen LogP contribution in [0.15, 0.2) is 255 Å². The van der Waals surface area contributed by atoms with Gasteiger partial charge in [-0.1, -0.05) is 243 Å². The molecule has 2 unspecified atom stereocenters. The first-order valence-corrected chi connectivity index (χ1v) is 23.4. The third kappa shape index (κ3) is 6.22. The summed E-state index contributed by atoms with van der Waals surface area (Å²) < 4.78 is 0. The van der Waals surface area contributed by atoms with Gasteiger partial charge in [-0.3, -0.25) is 5.32 Å². The molecule has 1 aliphatic heterocycles. The van der Waals surface area contributed by atoms with E-state index in [-0.39, 0.29) is 12.2 Å². The predicted molar refractivity (Wildman–Crippen MR) is 280 cm³/mol. The highest BCUT2D eigenvalue weighted by molar-refractivity contribution is 6.20. The van der Waals surface area contributed by atoms with Gasteiger partial charge in [0, 0.05) is 11.3 Å². The van der Waals surface area contributed by atoms with E-state index in [4.69, 9.17) is 0 Å². The topological polar surface area (TPSA) is 24.1 Å². The summed E-state index contributed by atoms with van der Waals surface area (Å²) >= 11 is 0. The van der Waals surface area contributed by atoms with Crippen LogP contribution in [0.1, 0.15) is 51.2 Å². The Morgan fingerprint density at radius 1 is 0.343 bits per heavy atom. The fourth-order valence-corrected chi connectivity index (χ4v) is 11.6. The summed E-state index contributed by atoms with van der Waals surface area (Å²) in [6.07, 6.45) is 2.17. The first-order valence-electron chi connectivity index (χ1n) is 23.4. The van der Waals surface area contributed by atoms with E-state index in [1.54, 1.807) is 0 Å². The number of rotatable bonds is 7. The number of benzene rings is 11. The molecule has 11 aromatic rings. The molecule has 0 saturated carbocycles. The van der Waals surface area contributed by atoms with Gasteiger partial charge < -0.3 is 5.32 Å². The molecule has 2 N–H and O–H groups in total. The van der Waals surface area contributed by atoms with Gasteiger partial charge in [-0.2, -0.15) is 0 Å². The van der Waals surface area contributed by atoms with Crippen LogP contribution in [0.25, 0.3) is 71.4 Å². The first-order chi connectivity index (χ1) is 33.3. The normalized spacial score (nSPS) is 16.0. The molecule has 2 aliphatic rings. The van der Waals surface area contributed by atoms with Crippen LogP contribution in [0.2, 0.25) is 0 Å². The lowest BCUT2D eigenvalue weighted by Gasteiger charge is -2.36. The lowest BCUT2D eigenvalue weighted by Crippen LogP contribution is -2.40. The molecule has 0 bridgehead atoms. The van der Waals surface area contributed by atoms with Crippen molar-refractivity contribution in [1.29, 1.82) is 0 Å². The monoisotopic (exact) mass is 854 g/mol. The van der Waals surface area contributed by atoms with Crippen molar-refractivity contribution in [2.24, 2.45) is 0 Å². The summed E-state index contributed by atoms with van der Waals surface area (Å²) in [7, 11) is 0. The second kappa shape index (κ2) is 16.0. The maximum Gasteiger partial charge on any atom is 0.105 e. The summed E-state index contributed by atoms with van der Waals surface area (Å²) in [6.45, 7) is 0. The van der Waals surface area contributed by atoms with Crippen molar-refractivity contribution in [2.45, 2.75) is 17.6 Å². The molecule has 316 valence electrons. The van der Waals surface area contributed by atoms with Crippen molar-refractivity contribution in [3.8, 4) is 33.4 Å². The zero-order chi connectivity index (χ0) is 44.3. The molecule has 2 nitrogen and oxygen atoms in total. The Labute approximate surface area is 391 Å². The van der Waals surface area contributed by atoms with E-state index < -0.39 is 5.41 Å². The first kappa shape index (κ1) is 39.1. The molecular formula is C65H46N2. The third-order valence-electron chi connectivity index (χ3n) is 14.4. The summed E-state index contributed by atoms with van der Waals surface area (Å²) in [5, 5.41) is 15.9. The van der Waals surface area contributed by atoms with E-state index in [0.29, 0.717) is 0 Å². The van der Waals surface area contributed by atoms with Crippen molar-refractivity contribution in [1.82, 2.24) is 10.6 Å². The highest BCUT2D eigenvalue weighted by Crippen LogP contribution is 2.58. The van der Waals surface area contributed by atoms with Crippen LogP contribution in [0.5, 0.6) is 0 Å². The molecule has 11 aromatic carbocycles. The Hall–Kier alpha value is -8.30. The molecule has 2 heteroatoms. The second-order valence-corrected chi connectivity index (χ2v) is 18.0. The van der Waals surface area contributed by atoms with Crippen LogP contribution in [0.3, 0.4) is 0 Å². The Kier molecular flexibility index (Phi) is 9.33. The van der Waals surface area contributed by atoms with Gasteiger partial charge in [-0.15, -0.1) is 0 Å². The molecule has 0 amide bonds. The van der Waals surface area contributed by atoms with Crippen LogP contribution in [0.4, 0.5) is 0 Å². The van der Waals surface area contributed by atoms with Crippen LogP contribution < -0.4 is 10.6 Å². The van der Waals surface area contributed by atoms with E-state index in [1.807, 2.05) is 0 Å². The van der Waals surface area contributed by atoms with Crippen molar-refractivity contribution in [2.75, 3.05) is 0 Å². The molecule has 0 fully saturated rings. The van der Waals surface area contributed by atoms with E-state index in [1.165, 1.54) is 105 Å². The average Bonchev–Trinajstić information content (AvgIpc) is 3.72. The standard InChI is InChI=1S/C65H46N2/c1-4-21-43(22-5-1)48-29-14-15-32-51(48)60-42-61(56-36-20-38-59-63(56)55-35-18-19-37-58(55)65(59,46-25-6-2-7-26-46)47-27-8-3-9-28-47)67-64(66-60)54-34-17-16-33-52(54)62-50-31-13-11-24-45(50)41-57-49-30-12-10-23-44(49)39-40-53(57)62/h1-42,60,64,66-67H. The van der Waals surface area contributed by atoms with Gasteiger partial charge in [-0.25, -0.2) is 0 Å². The molecule has 1 aliphatic carbocycles. The number of fused-ring (bicyclic) bond motifs is 7. The highest BCUT2D eigenvalue weighted by Gasteiger charge is 2.47. The number of nitrogens with one attached hydrogen (secondary N) is 2. The molecule has 0 radical (unpaired) electrons. The minimum atomic E-state index is -0.511. The smallest absolute Gasteiger partial charge is 0.105 e. The average molecular weight is 855 g/mol. The molecule has 13 rings (SSSR count). The Bertz CT molecular complexity index is 3660. The fraction of sp³-hybridized carbons (Fsp3) is 0.0462. The lowest BCUT2D eigenvalue weighted by molar-refractivity contribution is 0.444. The van der Waals surface area contributed by atoms with E-state index >= 15 is 0 Å². The fourth-order valence-electron chi connectivity index (χ4n) is 11.6. The lowest BCUT2D eigenvalue weighted by atomic mass is 9.67. The van der Waals surface area contributed by atoms with Crippen LogP contribution in [-0.2, 0) is 5.41 Å². The summed E-state index contributed by atoms with van der Waals surface area (Å²) in [5.74, 6) is 0. The molecule has 0 saturated heterocycles. The van der Waals surface area contributed by atoms with E-state index in [9.17, 15) is 0 Å². The number of hydrogen-bond acceptors (Lipinski definition) is 2. The zero-order valence-corrected chi connectivity index (χ0v) is 36.9. The van der Waals surface area contributed by atoms with Gasteiger partial charge in [0.2, 0.25) is 0 Å². The van der Waals surface area contributed by atoms with Gasteiger partial charge >= 0.3 is 0 Å². The molecule has 2 atom stereocenters. The molecule has 1 heterocycles. The van der Waals surface area contributed by atoms with Gasteiger partial charge in [0.05, 0.1) is 11.5 Å². The van der Waals surface area contributed by atoms with Gasteiger partial charge in [-0.05, 0) is 111 Å². The maximum absolute atomic E-state index is 4.20. The van der Waals surface area contributed by atoms with Crippen molar-refractivity contribution in [3.05, 3.63) is 294 Å². The minimum absolute atomic E-state index is 0.139. The SMILES string of the molecule is C1=C(c2cccc3c2-c2ccccc2C3(c2ccccc2)c2ccccc2)NC(c2ccccc2-c2c3ccccc3cc3c2ccc2ccccc23)NC1c1ccccc1-c1ccccc1. The van der Waals surface area contributed by atoms with Crippen LogP contribution in [-0.4, -0.2) is 0 Å². The highest BCUT2D eigenvalue weighted by atomic mass is 15.2. The third-order valence-corrected chi connectivity index (χ3v) is 14.4. The quantitative estimate of drug-likeness (QED) is 0.123. The second-order valence-electron chi connectivity index (χ2n) is 18.0. The van der Waals surface area contributed by atoms with Crippen molar-refractivity contribution >= 4 is 38.0 Å². The zero-order valence-electron chi connectivity index (χ0n) is 36.9. The van der Waals surface area contributed by atoms with Crippen LogP contribution >= 0.6 is 0 Å². The van der Waals surface area contributed by atoms with Gasteiger partial charge in [0.25, 0.3) is 0 Å². The van der Waals surface area contributed by atoms with Gasteiger partial charge in [0.15, 0.2) is 0 Å². The summed E-state index contributed by atoms with van der Waals surface area (Å²) in [4.78, 5) is 0. The van der Waals surface area contributed by atoms with Gasteiger partial charge in [0.1, 0.15) is 6.17 Å². The van der Waals surface area contributed by atoms with E-state index in [0.717, 1.165) is 5.70 Å². The largest absolute Gasteiger partial charge is 0.366 e. The van der Waals surface area contributed by atoms with Crippen LogP contribution in [0, 0.1) is 0 Å². The summed E-state index contributed by atoms with van der Waals surface area (Å²) in [6, 6.07) is 91.5. The predicted octanol–water partition coefficient (Wildman–Crippen LogP) is 15.8. The Morgan fingerprint density at radius 2 is 0.910 bits per heavy atom. The molecule has 67 heavy (non-hydrogen) atoms.